The van der Waals surface area contributed by atoms with Gasteiger partial charge in [0.05, 0.1) is 6.42 Å². The van der Waals surface area contributed by atoms with Crippen molar-refractivity contribution >= 4 is 11.9 Å². The van der Waals surface area contributed by atoms with E-state index in [1.165, 1.54) is 0 Å². The van der Waals surface area contributed by atoms with Crippen LogP contribution in [-0.2, 0) is 14.3 Å². The molecule has 0 aromatic rings. The first kappa shape index (κ1) is 13.3. The van der Waals surface area contributed by atoms with Crippen LogP contribution in [0.2, 0.25) is 0 Å². The number of carboxylic acids is 1. The van der Waals surface area contributed by atoms with Gasteiger partial charge in [-0.15, -0.1) is 0 Å². The maximum atomic E-state index is 11.9. The largest absolute Gasteiger partial charge is 0.481 e. The Kier molecular flexibility index (Phi) is 3.90. The molecular formula is C13H21NO4. The fourth-order valence-corrected chi connectivity index (χ4v) is 2.82. The number of carboxylic acid groups (broad SMARTS) is 1. The van der Waals surface area contributed by atoms with Crippen LogP contribution in [0.25, 0.3) is 0 Å². The lowest BCUT2D eigenvalue weighted by molar-refractivity contribution is -0.142. The summed E-state index contributed by atoms with van der Waals surface area (Å²) in [7, 11) is 0. The molecule has 2 aliphatic rings. The molecule has 5 nitrogen and oxygen atoms in total. The Morgan fingerprint density at radius 3 is 2.61 bits per heavy atom. The molecule has 1 aliphatic carbocycles. The summed E-state index contributed by atoms with van der Waals surface area (Å²) in [6.07, 6.45) is 3.54. The molecule has 2 atom stereocenters. The predicted octanol–water partition coefficient (Wildman–Crippen LogP) is 1.17. The average Bonchev–Trinajstić information content (AvgIpc) is 2.67. The highest BCUT2D eigenvalue weighted by molar-refractivity contribution is 5.81. The SMILES string of the molecule is CC1CCOC1C(=O)NCC1(CC(=O)O)CCC1. The molecule has 0 radical (unpaired) electrons. The van der Waals surface area contributed by atoms with Crippen LogP contribution in [0.1, 0.15) is 39.0 Å². The number of hydrogen-bond donors (Lipinski definition) is 2. The van der Waals surface area contributed by atoms with Crippen molar-refractivity contribution in [1.82, 2.24) is 5.32 Å². The predicted molar refractivity (Wildman–Crippen MR) is 65.1 cm³/mol. The molecule has 1 saturated heterocycles. The Morgan fingerprint density at radius 1 is 1.44 bits per heavy atom. The quantitative estimate of drug-likeness (QED) is 0.773. The Balaban J connectivity index is 1.82. The van der Waals surface area contributed by atoms with Crippen LogP contribution in [0.4, 0.5) is 0 Å². The molecule has 102 valence electrons. The highest BCUT2D eigenvalue weighted by Gasteiger charge is 2.40. The van der Waals surface area contributed by atoms with Crippen molar-refractivity contribution in [2.75, 3.05) is 13.2 Å². The molecule has 1 aliphatic heterocycles. The van der Waals surface area contributed by atoms with E-state index in [0.29, 0.717) is 13.2 Å². The van der Waals surface area contributed by atoms with Gasteiger partial charge in [-0.05, 0) is 30.6 Å². The first-order chi connectivity index (χ1) is 8.52. The summed E-state index contributed by atoms with van der Waals surface area (Å²) in [6.45, 7) is 3.11. The maximum absolute atomic E-state index is 11.9. The second-order valence-electron chi connectivity index (χ2n) is 5.70. The van der Waals surface area contributed by atoms with E-state index >= 15 is 0 Å². The van der Waals surface area contributed by atoms with Crippen LogP contribution in [0, 0.1) is 11.3 Å². The summed E-state index contributed by atoms with van der Waals surface area (Å²) in [4.78, 5) is 22.8. The third-order valence-corrected chi connectivity index (χ3v) is 4.22. The Bertz CT molecular complexity index is 338. The zero-order chi connectivity index (χ0) is 13.2. The number of ether oxygens (including phenoxy) is 1. The minimum Gasteiger partial charge on any atom is -0.481 e. The number of carbonyl (C=O) groups is 2. The smallest absolute Gasteiger partial charge is 0.303 e. The van der Waals surface area contributed by atoms with Gasteiger partial charge in [-0.25, -0.2) is 0 Å². The highest BCUT2D eigenvalue weighted by Crippen LogP contribution is 2.43. The fourth-order valence-electron chi connectivity index (χ4n) is 2.82. The van der Waals surface area contributed by atoms with Crippen LogP contribution in [-0.4, -0.2) is 36.2 Å². The summed E-state index contributed by atoms with van der Waals surface area (Å²) in [5.41, 5.74) is -0.219. The van der Waals surface area contributed by atoms with Crippen molar-refractivity contribution in [3.8, 4) is 0 Å². The molecule has 0 aromatic heterocycles. The van der Waals surface area contributed by atoms with Gasteiger partial charge in [-0.1, -0.05) is 13.3 Å². The number of amides is 1. The van der Waals surface area contributed by atoms with E-state index < -0.39 is 5.97 Å². The lowest BCUT2D eigenvalue weighted by atomic mass is 9.66. The average molecular weight is 255 g/mol. The molecule has 0 aromatic carbocycles. The van der Waals surface area contributed by atoms with Crippen molar-refractivity contribution in [3.05, 3.63) is 0 Å². The Labute approximate surface area is 107 Å². The highest BCUT2D eigenvalue weighted by atomic mass is 16.5. The first-order valence-electron chi connectivity index (χ1n) is 6.64. The van der Waals surface area contributed by atoms with Gasteiger partial charge in [0.2, 0.25) is 5.91 Å². The van der Waals surface area contributed by atoms with E-state index in [-0.39, 0.29) is 29.8 Å². The molecule has 5 heteroatoms. The summed E-state index contributed by atoms with van der Waals surface area (Å²) in [5, 5.41) is 11.8. The molecule has 0 bridgehead atoms. The van der Waals surface area contributed by atoms with Crippen LogP contribution in [0.15, 0.2) is 0 Å². The number of hydrogen-bond acceptors (Lipinski definition) is 3. The van der Waals surface area contributed by atoms with Crippen molar-refractivity contribution in [2.24, 2.45) is 11.3 Å². The van der Waals surface area contributed by atoms with Gasteiger partial charge in [0, 0.05) is 13.2 Å². The van der Waals surface area contributed by atoms with Gasteiger partial charge < -0.3 is 15.2 Å². The number of nitrogens with one attached hydrogen (secondary N) is 1. The molecule has 1 amide bonds. The van der Waals surface area contributed by atoms with E-state index in [2.05, 4.69) is 5.32 Å². The van der Waals surface area contributed by atoms with Gasteiger partial charge in [0.25, 0.3) is 0 Å². The van der Waals surface area contributed by atoms with E-state index in [1.54, 1.807) is 0 Å². The molecule has 2 unspecified atom stereocenters. The van der Waals surface area contributed by atoms with Crippen LogP contribution in [0.3, 0.4) is 0 Å². The summed E-state index contributed by atoms with van der Waals surface area (Å²) >= 11 is 0. The third kappa shape index (κ3) is 2.83. The maximum Gasteiger partial charge on any atom is 0.303 e. The van der Waals surface area contributed by atoms with Gasteiger partial charge in [0.1, 0.15) is 6.10 Å². The summed E-state index contributed by atoms with van der Waals surface area (Å²) in [6, 6.07) is 0. The number of aliphatic carboxylic acids is 1. The normalized spacial score (nSPS) is 29.6. The second-order valence-corrected chi connectivity index (χ2v) is 5.70. The molecule has 2 N–H and O–H groups in total. The summed E-state index contributed by atoms with van der Waals surface area (Å²) < 4.78 is 5.40. The van der Waals surface area contributed by atoms with Crippen LogP contribution in [0.5, 0.6) is 0 Å². The minimum atomic E-state index is -0.783. The molecule has 1 saturated carbocycles. The van der Waals surface area contributed by atoms with Gasteiger partial charge in [-0.3, -0.25) is 9.59 Å². The molecule has 1 heterocycles. The second kappa shape index (κ2) is 5.26. The molecular weight excluding hydrogens is 234 g/mol. The van der Waals surface area contributed by atoms with Gasteiger partial charge >= 0.3 is 5.97 Å². The van der Waals surface area contributed by atoms with Gasteiger partial charge in [-0.2, -0.15) is 0 Å². The molecule has 2 rings (SSSR count). The van der Waals surface area contributed by atoms with Gasteiger partial charge in [0.15, 0.2) is 0 Å². The van der Waals surface area contributed by atoms with Crippen molar-refractivity contribution in [3.63, 3.8) is 0 Å². The lowest BCUT2D eigenvalue weighted by Crippen LogP contribution is -2.47. The molecule has 2 fully saturated rings. The monoisotopic (exact) mass is 255 g/mol. The zero-order valence-corrected chi connectivity index (χ0v) is 10.8. The van der Waals surface area contributed by atoms with Crippen molar-refractivity contribution in [1.29, 1.82) is 0 Å². The van der Waals surface area contributed by atoms with Crippen LogP contribution < -0.4 is 5.32 Å². The Morgan fingerprint density at radius 2 is 2.17 bits per heavy atom. The van der Waals surface area contributed by atoms with E-state index in [1.807, 2.05) is 6.92 Å². The minimum absolute atomic E-state index is 0.0864. The van der Waals surface area contributed by atoms with Crippen molar-refractivity contribution in [2.45, 2.75) is 45.1 Å². The standard InChI is InChI=1S/C13H21NO4/c1-9-3-6-18-11(9)12(17)14-8-13(4-2-5-13)7-10(15)16/h9,11H,2-8H2,1H3,(H,14,17)(H,15,16). The Hall–Kier alpha value is -1.10. The third-order valence-electron chi connectivity index (χ3n) is 4.22. The van der Waals surface area contributed by atoms with E-state index in [0.717, 1.165) is 25.7 Å². The van der Waals surface area contributed by atoms with Crippen LogP contribution >= 0.6 is 0 Å². The fraction of sp³-hybridized carbons (Fsp3) is 0.846. The molecule has 18 heavy (non-hydrogen) atoms. The van der Waals surface area contributed by atoms with E-state index in [9.17, 15) is 9.59 Å². The first-order valence-corrected chi connectivity index (χ1v) is 6.64. The topological polar surface area (TPSA) is 75.6 Å². The lowest BCUT2D eigenvalue weighted by Gasteiger charge is -2.41. The zero-order valence-electron chi connectivity index (χ0n) is 10.8. The van der Waals surface area contributed by atoms with E-state index in [4.69, 9.17) is 9.84 Å². The number of rotatable bonds is 5. The summed E-state index contributed by atoms with van der Waals surface area (Å²) in [5.74, 6) is -0.618. The number of carbonyl (C=O) groups excluding carboxylic acids is 1. The molecule has 0 spiro atoms. The van der Waals surface area contributed by atoms with Crippen molar-refractivity contribution < 1.29 is 19.4 Å².